The minimum Gasteiger partial charge on any atom is -0.449 e. The number of anilines is 1. The van der Waals surface area contributed by atoms with E-state index in [4.69, 9.17) is 4.74 Å². The van der Waals surface area contributed by atoms with E-state index in [0.29, 0.717) is 10.0 Å². The van der Waals surface area contributed by atoms with E-state index in [0.717, 1.165) is 5.56 Å². The van der Waals surface area contributed by atoms with Crippen molar-refractivity contribution in [1.29, 1.82) is 0 Å². The summed E-state index contributed by atoms with van der Waals surface area (Å²) in [7, 11) is 0. The van der Waals surface area contributed by atoms with E-state index in [2.05, 4.69) is 21.2 Å². The van der Waals surface area contributed by atoms with Crippen LogP contribution in [0.25, 0.3) is 0 Å². The Balaban J connectivity index is 2.01. The third-order valence-corrected chi connectivity index (χ3v) is 3.59. The SMILES string of the molecule is Cc1cccc(C(=O)OC(C)C(=O)Nc2ccc(Br)cc2F)c1. The van der Waals surface area contributed by atoms with E-state index in [1.165, 1.54) is 19.1 Å². The van der Waals surface area contributed by atoms with E-state index in [1.54, 1.807) is 24.3 Å². The van der Waals surface area contributed by atoms with Crippen LogP contribution in [0, 0.1) is 12.7 Å². The zero-order chi connectivity index (χ0) is 17.0. The Hall–Kier alpha value is -2.21. The molecule has 0 aliphatic heterocycles. The van der Waals surface area contributed by atoms with Gasteiger partial charge in [0, 0.05) is 4.47 Å². The molecule has 6 heteroatoms. The Morgan fingerprint density at radius 1 is 1.22 bits per heavy atom. The minimum absolute atomic E-state index is 0.0247. The lowest BCUT2D eigenvalue weighted by Crippen LogP contribution is -2.30. The van der Waals surface area contributed by atoms with Crippen LogP contribution in [0.15, 0.2) is 46.9 Å². The predicted octanol–water partition coefficient (Wildman–Crippen LogP) is 4.08. The highest BCUT2D eigenvalue weighted by Crippen LogP contribution is 2.19. The third kappa shape index (κ3) is 4.63. The summed E-state index contributed by atoms with van der Waals surface area (Å²) in [6.45, 7) is 3.28. The Morgan fingerprint density at radius 3 is 2.61 bits per heavy atom. The van der Waals surface area contributed by atoms with Crippen molar-refractivity contribution in [3.8, 4) is 0 Å². The molecule has 1 unspecified atom stereocenters. The van der Waals surface area contributed by atoms with Crippen LogP contribution < -0.4 is 5.32 Å². The molecule has 1 amide bonds. The lowest BCUT2D eigenvalue weighted by Gasteiger charge is -2.14. The number of amides is 1. The smallest absolute Gasteiger partial charge is 0.338 e. The number of carbonyl (C=O) groups is 2. The molecule has 0 aliphatic rings. The monoisotopic (exact) mass is 379 g/mol. The van der Waals surface area contributed by atoms with Crippen molar-refractivity contribution in [2.45, 2.75) is 20.0 Å². The maximum Gasteiger partial charge on any atom is 0.338 e. The summed E-state index contributed by atoms with van der Waals surface area (Å²) in [4.78, 5) is 24.0. The molecular formula is C17H15BrFNO3. The summed E-state index contributed by atoms with van der Waals surface area (Å²) in [5, 5.41) is 2.39. The Bertz CT molecular complexity index is 748. The standard InChI is InChI=1S/C17H15BrFNO3/c1-10-4-3-5-12(8-10)17(22)23-11(2)16(21)20-15-7-6-13(18)9-14(15)19/h3-9,11H,1-2H3,(H,20,21). The van der Waals surface area contributed by atoms with Gasteiger partial charge >= 0.3 is 5.97 Å². The first-order chi connectivity index (χ1) is 10.9. The van der Waals surface area contributed by atoms with E-state index in [9.17, 15) is 14.0 Å². The molecule has 0 radical (unpaired) electrons. The van der Waals surface area contributed by atoms with Gasteiger partial charge in [0.1, 0.15) is 5.82 Å². The number of benzene rings is 2. The summed E-state index contributed by atoms with van der Waals surface area (Å²) < 4.78 is 19.4. The highest BCUT2D eigenvalue weighted by molar-refractivity contribution is 9.10. The van der Waals surface area contributed by atoms with Gasteiger partial charge in [-0.25, -0.2) is 9.18 Å². The van der Waals surface area contributed by atoms with Crippen LogP contribution in [0.2, 0.25) is 0 Å². The number of esters is 1. The van der Waals surface area contributed by atoms with Gasteiger partial charge in [0.25, 0.3) is 5.91 Å². The molecule has 23 heavy (non-hydrogen) atoms. The summed E-state index contributed by atoms with van der Waals surface area (Å²) in [6.07, 6.45) is -1.05. The molecule has 0 saturated heterocycles. The fraction of sp³-hybridized carbons (Fsp3) is 0.176. The molecule has 2 aromatic carbocycles. The molecule has 0 aliphatic carbocycles. The van der Waals surface area contributed by atoms with Gasteiger partial charge in [0.05, 0.1) is 11.3 Å². The zero-order valence-electron chi connectivity index (χ0n) is 12.6. The fourth-order valence-corrected chi connectivity index (χ4v) is 2.21. The molecule has 0 heterocycles. The van der Waals surface area contributed by atoms with Crippen molar-refractivity contribution in [3.05, 3.63) is 63.9 Å². The van der Waals surface area contributed by atoms with Crippen LogP contribution in [0.4, 0.5) is 10.1 Å². The van der Waals surface area contributed by atoms with Crippen molar-refractivity contribution in [3.63, 3.8) is 0 Å². The van der Waals surface area contributed by atoms with Crippen LogP contribution in [0.5, 0.6) is 0 Å². The topological polar surface area (TPSA) is 55.4 Å². The molecule has 0 spiro atoms. The highest BCUT2D eigenvalue weighted by Gasteiger charge is 2.20. The second-order valence-corrected chi connectivity index (χ2v) is 5.95. The largest absolute Gasteiger partial charge is 0.449 e. The Kier molecular flexibility index (Phi) is 5.50. The van der Waals surface area contributed by atoms with Crippen molar-refractivity contribution < 1.29 is 18.7 Å². The first kappa shape index (κ1) is 17.1. The molecule has 0 fully saturated rings. The van der Waals surface area contributed by atoms with Gasteiger partial charge in [-0.1, -0.05) is 33.6 Å². The van der Waals surface area contributed by atoms with Crippen LogP contribution in [-0.4, -0.2) is 18.0 Å². The molecule has 4 nitrogen and oxygen atoms in total. The number of carbonyl (C=O) groups excluding carboxylic acids is 2. The van der Waals surface area contributed by atoms with Gasteiger partial charge in [-0.05, 0) is 44.2 Å². The first-order valence-electron chi connectivity index (χ1n) is 6.90. The van der Waals surface area contributed by atoms with Crippen molar-refractivity contribution in [2.75, 3.05) is 5.32 Å². The van der Waals surface area contributed by atoms with Crippen LogP contribution in [-0.2, 0) is 9.53 Å². The number of halogens is 2. The van der Waals surface area contributed by atoms with Gasteiger partial charge < -0.3 is 10.1 Å². The average Bonchev–Trinajstić information content (AvgIpc) is 2.49. The van der Waals surface area contributed by atoms with Gasteiger partial charge in [0.15, 0.2) is 6.10 Å². The lowest BCUT2D eigenvalue weighted by molar-refractivity contribution is -0.123. The van der Waals surface area contributed by atoms with Crippen molar-refractivity contribution in [1.82, 2.24) is 0 Å². The van der Waals surface area contributed by atoms with Gasteiger partial charge in [-0.2, -0.15) is 0 Å². The average molecular weight is 380 g/mol. The zero-order valence-corrected chi connectivity index (χ0v) is 14.2. The summed E-state index contributed by atoms with van der Waals surface area (Å²) in [5.41, 5.74) is 1.30. The molecule has 2 aromatic rings. The lowest BCUT2D eigenvalue weighted by atomic mass is 10.1. The number of hydrogen-bond acceptors (Lipinski definition) is 3. The molecule has 1 atom stereocenters. The second kappa shape index (κ2) is 7.37. The maximum atomic E-state index is 13.7. The number of rotatable bonds is 4. The van der Waals surface area contributed by atoms with Gasteiger partial charge in [-0.15, -0.1) is 0 Å². The van der Waals surface area contributed by atoms with Crippen molar-refractivity contribution >= 4 is 33.5 Å². The molecule has 120 valence electrons. The van der Waals surface area contributed by atoms with Crippen LogP contribution >= 0.6 is 15.9 Å². The molecule has 0 aromatic heterocycles. The molecular weight excluding hydrogens is 365 g/mol. The van der Waals surface area contributed by atoms with E-state index in [-0.39, 0.29) is 5.69 Å². The van der Waals surface area contributed by atoms with E-state index in [1.807, 2.05) is 13.0 Å². The molecule has 0 bridgehead atoms. The highest BCUT2D eigenvalue weighted by atomic mass is 79.9. The Labute approximate surface area is 141 Å². The predicted molar refractivity (Wildman–Crippen MR) is 88.8 cm³/mol. The quantitative estimate of drug-likeness (QED) is 0.814. The first-order valence-corrected chi connectivity index (χ1v) is 7.69. The second-order valence-electron chi connectivity index (χ2n) is 5.03. The third-order valence-electron chi connectivity index (χ3n) is 3.10. The number of ether oxygens (including phenoxy) is 1. The molecule has 2 rings (SSSR count). The van der Waals surface area contributed by atoms with Crippen LogP contribution in [0.1, 0.15) is 22.8 Å². The molecule has 1 N–H and O–H groups in total. The summed E-state index contributed by atoms with van der Waals surface area (Å²) >= 11 is 3.13. The summed E-state index contributed by atoms with van der Waals surface area (Å²) in [5.74, 6) is -1.79. The van der Waals surface area contributed by atoms with E-state index >= 15 is 0 Å². The van der Waals surface area contributed by atoms with E-state index < -0.39 is 23.8 Å². The maximum absolute atomic E-state index is 13.7. The summed E-state index contributed by atoms with van der Waals surface area (Å²) in [6, 6.07) is 11.1. The minimum atomic E-state index is -1.05. The molecule has 0 saturated carbocycles. The van der Waals surface area contributed by atoms with Gasteiger partial charge in [0.2, 0.25) is 0 Å². The fourth-order valence-electron chi connectivity index (χ4n) is 1.88. The normalized spacial score (nSPS) is 11.7. The van der Waals surface area contributed by atoms with Crippen LogP contribution in [0.3, 0.4) is 0 Å². The number of aryl methyl sites for hydroxylation is 1. The Morgan fingerprint density at radius 2 is 1.96 bits per heavy atom. The van der Waals surface area contributed by atoms with Gasteiger partial charge in [-0.3, -0.25) is 4.79 Å². The van der Waals surface area contributed by atoms with Crippen molar-refractivity contribution in [2.24, 2.45) is 0 Å². The number of hydrogen-bond donors (Lipinski definition) is 1. The number of nitrogens with one attached hydrogen (secondary N) is 1.